The molecule has 15 heavy (non-hydrogen) atoms. The molecule has 0 unspecified atom stereocenters. The number of nitrogens with two attached hydrogens (primary N) is 1. The van der Waals surface area contributed by atoms with Crippen molar-refractivity contribution in [3.8, 4) is 5.75 Å². The van der Waals surface area contributed by atoms with E-state index in [0.29, 0.717) is 0 Å². The van der Waals surface area contributed by atoms with Crippen LogP contribution in [-0.4, -0.2) is 32.5 Å². The van der Waals surface area contributed by atoms with Gasteiger partial charge in [0.2, 0.25) is 5.75 Å². The molecule has 0 aliphatic rings. The Labute approximate surface area is 92.1 Å². The predicted molar refractivity (Wildman–Crippen MR) is 55.1 cm³/mol. The lowest BCUT2D eigenvalue weighted by Crippen LogP contribution is -2.22. The molecule has 0 fully saturated rings. The van der Waals surface area contributed by atoms with Crippen molar-refractivity contribution >= 4 is 27.7 Å². The average Bonchev–Trinajstić information content (AvgIpc) is 2.05. The monoisotopic (exact) mass is 252 g/mol. The molecule has 0 saturated carbocycles. The molecule has 2 N–H and O–H groups in total. The zero-order valence-corrected chi connectivity index (χ0v) is 9.58. The fourth-order valence-corrected chi connectivity index (χ4v) is 1.45. The summed E-state index contributed by atoms with van der Waals surface area (Å²) in [6, 6.07) is 0. The molecule has 1 heterocycles. The first kappa shape index (κ1) is 12.0. The third kappa shape index (κ3) is 3.18. The van der Waals surface area contributed by atoms with E-state index in [0.717, 1.165) is 0 Å². The molecule has 7 nitrogen and oxygen atoms in total. The van der Waals surface area contributed by atoms with Gasteiger partial charge in [0.25, 0.3) is 0 Å². The van der Waals surface area contributed by atoms with Gasteiger partial charge in [0.05, 0.1) is 0 Å². The molecule has 0 aliphatic heterocycles. The minimum absolute atomic E-state index is 0.122. The van der Waals surface area contributed by atoms with Gasteiger partial charge < -0.3 is 9.08 Å². The molecule has 0 atom stereocenters. The standard InChI is InChI=1S/C6H9ClN4O3S/c1-11(2)6-4(14-15(8,12)13)5(7)9-3-10-6/h3H,1-2H3,(H2,8,12,13). The summed E-state index contributed by atoms with van der Waals surface area (Å²) in [5, 5.41) is 4.60. The molecule has 9 heteroatoms. The van der Waals surface area contributed by atoms with Crippen molar-refractivity contribution in [1.29, 1.82) is 0 Å². The third-order valence-corrected chi connectivity index (χ3v) is 2.03. The summed E-state index contributed by atoms with van der Waals surface area (Å²) < 4.78 is 26.0. The topological polar surface area (TPSA) is 98.4 Å². The van der Waals surface area contributed by atoms with Crippen LogP contribution in [-0.2, 0) is 10.3 Å². The van der Waals surface area contributed by atoms with Crippen molar-refractivity contribution in [3.63, 3.8) is 0 Å². The highest BCUT2D eigenvalue weighted by Gasteiger charge is 2.17. The second-order valence-electron chi connectivity index (χ2n) is 2.79. The molecule has 84 valence electrons. The van der Waals surface area contributed by atoms with Gasteiger partial charge in [0.1, 0.15) is 6.33 Å². The minimum atomic E-state index is -4.15. The number of nitrogens with zero attached hydrogens (tertiary/aromatic N) is 3. The van der Waals surface area contributed by atoms with E-state index in [9.17, 15) is 8.42 Å². The van der Waals surface area contributed by atoms with Crippen LogP contribution in [0.1, 0.15) is 0 Å². The van der Waals surface area contributed by atoms with Gasteiger partial charge in [-0.2, -0.15) is 13.6 Å². The van der Waals surface area contributed by atoms with E-state index in [1.165, 1.54) is 11.2 Å². The third-order valence-electron chi connectivity index (χ3n) is 1.36. The van der Waals surface area contributed by atoms with Crippen LogP contribution in [0.4, 0.5) is 5.82 Å². The van der Waals surface area contributed by atoms with Crippen LogP contribution in [0, 0.1) is 0 Å². The summed E-state index contributed by atoms with van der Waals surface area (Å²) in [6.07, 6.45) is 1.19. The Morgan fingerprint density at radius 2 is 2.07 bits per heavy atom. The van der Waals surface area contributed by atoms with Crippen LogP contribution in [0.5, 0.6) is 5.75 Å². The minimum Gasteiger partial charge on any atom is -0.364 e. The lowest BCUT2D eigenvalue weighted by Gasteiger charge is -2.15. The number of anilines is 1. The Bertz CT molecular complexity index is 461. The Balaban J connectivity index is 3.25. The first-order valence-electron chi connectivity index (χ1n) is 3.71. The first-order chi connectivity index (χ1) is 6.81. The van der Waals surface area contributed by atoms with Gasteiger partial charge in [0.15, 0.2) is 11.0 Å². The molecule has 0 radical (unpaired) electrons. The normalized spacial score (nSPS) is 11.2. The second kappa shape index (κ2) is 4.17. The Morgan fingerprint density at radius 1 is 1.47 bits per heavy atom. The van der Waals surface area contributed by atoms with Crippen molar-refractivity contribution in [1.82, 2.24) is 9.97 Å². The fourth-order valence-electron chi connectivity index (χ4n) is 0.850. The highest BCUT2D eigenvalue weighted by atomic mass is 35.5. The van der Waals surface area contributed by atoms with E-state index in [4.69, 9.17) is 16.7 Å². The van der Waals surface area contributed by atoms with Gasteiger partial charge in [-0.25, -0.2) is 9.97 Å². The molecular formula is C6H9ClN4O3S. The van der Waals surface area contributed by atoms with Crippen LogP contribution in [0.3, 0.4) is 0 Å². The first-order valence-corrected chi connectivity index (χ1v) is 5.56. The van der Waals surface area contributed by atoms with Gasteiger partial charge in [-0.3, -0.25) is 0 Å². The lowest BCUT2D eigenvalue weighted by molar-refractivity contribution is 0.485. The zero-order chi connectivity index (χ0) is 11.6. The quantitative estimate of drug-likeness (QED) is 0.747. The average molecular weight is 253 g/mol. The van der Waals surface area contributed by atoms with Gasteiger partial charge in [-0.05, 0) is 0 Å². The molecule has 0 saturated heterocycles. The summed E-state index contributed by atoms with van der Waals surface area (Å²) in [4.78, 5) is 8.92. The highest BCUT2D eigenvalue weighted by molar-refractivity contribution is 7.84. The summed E-state index contributed by atoms with van der Waals surface area (Å²) in [5.41, 5.74) is 0. The van der Waals surface area contributed by atoms with Gasteiger partial charge in [0, 0.05) is 14.1 Å². The summed E-state index contributed by atoms with van der Waals surface area (Å²) in [5.74, 6) is 0.0377. The second-order valence-corrected chi connectivity index (χ2v) is 4.30. The van der Waals surface area contributed by atoms with Crippen LogP contribution in [0.15, 0.2) is 6.33 Å². The number of halogens is 1. The molecule has 1 aromatic heterocycles. The van der Waals surface area contributed by atoms with Gasteiger partial charge >= 0.3 is 10.3 Å². The summed E-state index contributed by atoms with van der Waals surface area (Å²) in [7, 11) is -0.852. The Hall–Kier alpha value is -1.12. The zero-order valence-electron chi connectivity index (χ0n) is 8.01. The van der Waals surface area contributed by atoms with Crippen molar-refractivity contribution in [3.05, 3.63) is 11.5 Å². The van der Waals surface area contributed by atoms with Crippen molar-refractivity contribution < 1.29 is 12.6 Å². The molecule has 0 amide bonds. The van der Waals surface area contributed by atoms with Crippen LogP contribution in [0.2, 0.25) is 5.15 Å². The molecule has 0 spiro atoms. The summed E-state index contributed by atoms with van der Waals surface area (Å²) in [6.45, 7) is 0. The van der Waals surface area contributed by atoms with Crippen molar-refractivity contribution in [2.24, 2.45) is 5.14 Å². The van der Waals surface area contributed by atoms with E-state index < -0.39 is 10.3 Å². The molecule has 1 rings (SSSR count). The number of hydrogen-bond donors (Lipinski definition) is 1. The molecule has 0 aliphatic carbocycles. The number of rotatable bonds is 3. The Morgan fingerprint density at radius 3 is 2.53 bits per heavy atom. The molecular weight excluding hydrogens is 244 g/mol. The maximum atomic E-state index is 10.8. The predicted octanol–water partition coefficient (Wildman–Crippen LogP) is -0.222. The van der Waals surface area contributed by atoms with Gasteiger partial charge in [-0.15, -0.1) is 0 Å². The number of aromatic nitrogens is 2. The van der Waals surface area contributed by atoms with Gasteiger partial charge in [-0.1, -0.05) is 11.6 Å². The van der Waals surface area contributed by atoms with E-state index in [1.54, 1.807) is 14.1 Å². The lowest BCUT2D eigenvalue weighted by atomic mass is 10.5. The Kier molecular flexibility index (Phi) is 3.32. The van der Waals surface area contributed by atoms with E-state index in [2.05, 4.69) is 14.2 Å². The van der Waals surface area contributed by atoms with E-state index in [-0.39, 0.29) is 16.7 Å². The van der Waals surface area contributed by atoms with Crippen LogP contribution in [0.25, 0.3) is 0 Å². The molecule has 0 bridgehead atoms. The molecule has 0 aromatic carbocycles. The maximum absolute atomic E-state index is 10.8. The number of hydrogen-bond acceptors (Lipinski definition) is 6. The smallest absolute Gasteiger partial charge is 0.364 e. The van der Waals surface area contributed by atoms with E-state index >= 15 is 0 Å². The highest BCUT2D eigenvalue weighted by Crippen LogP contribution is 2.31. The van der Waals surface area contributed by atoms with Crippen molar-refractivity contribution in [2.45, 2.75) is 0 Å². The van der Waals surface area contributed by atoms with Crippen LogP contribution >= 0.6 is 11.6 Å². The largest absolute Gasteiger partial charge is 0.380 e. The van der Waals surface area contributed by atoms with E-state index in [1.807, 2.05) is 0 Å². The van der Waals surface area contributed by atoms with Crippen molar-refractivity contribution in [2.75, 3.05) is 19.0 Å². The SMILES string of the molecule is CN(C)c1ncnc(Cl)c1OS(N)(=O)=O. The maximum Gasteiger partial charge on any atom is 0.380 e. The van der Waals surface area contributed by atoms with Crippen LogP contribution < -0.4 is 14.2 Å². The summed E-state index contributed by atoms with van der Waals surface area (Å²) >= 11 is 5.66. The molecule has 1 aromatic rings. The fraction of sp³-hybridized carbons (Fsp3) is 0.333.